The van der Waals surface area contributed by atoms with Crippen LogP contribution in [0.15, 0.2) is 36.7 Å². The molecule has 6 heteroatoms. The molecule has 1 aromatic carbocycles. The molecule has 132 valence electrons. The maximum atomic E-state index is 12.5. The zero-order valence-corrected chi connectivity index (χ0v) is 15.8. The molecule has 0 aliphatic rings. The highest BCUT2D eigenvalue weighted by atomic mass is 35.5. The van der Waals surface area contributed by atoms with Crippen LogP contribution in [0.5, 0.6) is 0 Å². The number of carbonyl (C=O) groups is 1. The Balaban J connectivity index is 0.00000288. The molecule has 0 radical (unpaired) electrons. The van der Waals surface area contributed by atoms with E-state index in [1.165, 1.54) is 11.1 Å². The maximum Gasteiger partial charge on any atom is 0.241 e. The zero-order chi connectivity index (χ0) is 17.0. The highest BCUT2D eigenvalue weighted by molar-refractivity contribution is 5.85. The van der Waals surface area contributed by atoms with Gasteiger partial charge < -0.3 is 10.6 Å². The first-order chi connectivity index (χ1) is 10.8. The van der Waals surface area contributed by atoms with Gasteiger partial charge in [-0.05, 0) is 25.1 Å². The van der Waals surface area contributed by atoms with Crippen LogP contribution in [0, 0.1) is 6.92 Å². The summed E-state index contributed by atoms with van der Waals surface area (Å²) in [4.78, 5) is 12.5. The first-order valence-electron chi connectivity index (χ1n) is 7.85. The van der Waals surface area contributed by atoms with Crippen LogP contribution < -0.4 is 10.6 Å². The van der Waals surface area contributed by atoms with Gasteiger partial charge in [0.15, 0.2) is 0 Å². The number of nitrogens with zero attached hydrogens (tertiary/aromatic N) is 2. The molecule has 1 aromatic heterocycles. The molecule has 0 bridgehead atoms. The van der Waals surface area contributed by atoms with Crippen molar-refractivity contribution in [3.63, 3.8) is 0 Å². The number of halogens is 1. The number of aryl methyl sites for hydroxylation is 2. The standard InChI is InChI=1S/C18H26N4O.ClH/c1-13-8-6-7-9-15(13)18(2,3)12-20-17(23)16(19-4)14-10-21-22(5)11-14;/h6-11,16,19H,12H2,1-5H3,(H,20,23);1H. The van der Waals surface area contributed by atoms with E-state index in [2.05, 4.69) is 48.6 Å². The molecule has 2 N–H and O–H groups in total. The van der Waals surface area contributed by atoms with Gasteiger partial charge in [0, 0.05) is 30.8 Å². The van der Waals surface area contributed by atoms with Gasteiger partial charge in [0.25, 0.3) is 0 Å². The van der Waals surface area contributed by atoms with Gasteiger partial charge in [-0.15, -0.1) is 12.4 Å². The number of nitrogens with one attached hydrogen (secondary N) is 2. The average Bonchev–Trinajstić information content (AvgIpc) is 2.92. The Hall–Kier alpha value is -1.85. The van der Waals surface area contributed by atoms with Crippen molar-refractivity contribution in [2.75, 3.05) is 13.6 Å². The van der Waals surface area contributed by atoms with E-state index in [0.29, 0.717) is 6.54 Å². The molecule has 0 saturated carbocycles. The van der Waals surface area contributed by atoms with Gasteiger partial charge in [0.1, 0.15) is 6.04 Å². The Labute approximate surface area is 150 Å². The van der Waals surface area contributed by atoms with Gasteiger partial charge in [-0.2, -0.15) is 5.10 Å². The fourth-order valence-corrected chi connectivity index (χ4v) is 2.88. The molecule has 0 spiro atoms. The zero-order valence-electron chi connectivity index (χ0n) is 15.0. The van der Waals surface area contributed by atoms with Crippen molar-refractivity contribution in [2.45, 2.75) is 32.2 Å². The predicted molar refractivity (Wildman–Crippen MR) is 99.5 cm³/mol. The van der Waals surface area contributed by atoms with Crippen molar-refractivity contribution in [3.05, 3.63) is 53.3 Å². The van der Waals surface area contributed by atoms with E-state index in [1.807, 2.05) is 25.4 Å². The summed E-state index contributed by atoms with van der Waals surface area (Å²) in [7, 11) is 3.62. The summed E-state index contributed by atoms with van der Waals surface area (Å²) in [5.41, 5.74) is 3.22. The monoisotopic (exact) mass is 350 g/mol. The first kappa shape index (κ1) is 20.2. The molecule has 2 aromatic rings. The number of amides is 1. The van der Waals surface area contributed by atoms with Gasteiger partial charge in [-0.3, -0.25) is 9.48 Å². The highest BCUT2D eigenvalue weighted by Crippen LogP contribution is 2.25. The van der Waals surface area contributed by atoms with Crippen molar-refractivity contribution >= 4 is 18.3 Å². The fraction of sp³-hybridized carbons (Fsp3) is 0.444. The Kier molecular flexibility index (Phi) is 6.99. The minimum Gasteiger partial charge on any atom is -0.354 e. The molecular formula is C18H27ClN4O. The Morgan fingerprint density at radius 3 is 2.54 bits per heavy atom. The third-order valence-corrected chi connectivity index (χ3v) is 4.19. The summed E-state index contributed by atoms with van der Waals surface area (Å²) in [6.07, 6.45) is 3.57. The first-order valence-corrected chi connectivity index (χ1v) is 7.85. The van der Waals surface area contributed by atoms with E-state index in [1.54, 1.807) is 17.9 Å². The highest BCUT2D eigenvalue weighted by Gasteiger charge is 2.26. The molecule has 5 nitrogen and oxygen atoms in total. The number of aromatic nitrogens is 2. The van der Waals surface area contributed by atoms with Crippen LogP contribution in [-0.2, 0) is 17.3 Å². The van der Waals surface area contributed by atoms with E-state index in [4.69, 9.17) is 0 Å². The smallest absolute Gasteiger partial charge is 0.241 e. The SMILES string of the molecule is CNC(C(=O)NCC(C)(C)c1ccccc1C)c1cnn(C)c1.Cl. The van der Waals surface area contributed by atoms with Crippen molar-refractivity contribution in [1.29, 1.82) is 0 Å². The van der Waals surface area contributed by atoms with Gasteiger partial charge in [-0.25, -0.2) is 0 Å². The van der Waals surface area contributed by atoms with Crippen molar-refractivity contribution < 1.29 is 4.79 Å². The Morgan fingerprint density at radius 1 is 1.33 bits per heavy atom. The Bertz CT molecular complexity index is 681. The third kappa shape index (κ3) is 4.58. The molecular weight excluding hydrogens is 324 g/mol. The quantitative estimate of drug-likeness (QED) is 0.841. The minimum atomic E-state index is -0.392. The van der Waals surface area contributed by atoms with Crippen LogP contribution in [0.2, 0.25) is 0 Å². The molecule has 1 amide bonds. The van der Waals surface area contributed by atoms with Crippen LogP contribution in [0.3, 0.4) is 0 Å². The Morgan fingerprint density at radius 2 is 2.00 bits per heavy atom. The average molecular weight is 351 g/mol. The maximum absolute atomic E-state index is 12.5. The number of hydrogen-bond donors (Lipinski definition) is 2. The van der Waals surface area contributed by atoms with Crippen LogP contribution in [-0.4, -0.2) is 29.3 Å². The second kappa shape index (κ2) is 8.31. The number of hydrogen-bond acceptors (Lipinski definition) is 3. The van der Waals surface area contributed by atoms with Crippen molar-refractivity contribution in [3.8, 4) is 0 Å². The number of rotatable bonds is 6. The van der Waals surface area contributed by atoms with E-state index in [0.717, 1.165) is 5.56 Å². The number of likely N-dealkylation sites (N-methyl/N-ethyl adjacent to an activating group) is 1. The number of carbonyl (C=O) groups excluding carboxylic acids is 1. The van der Waals surface area contributed by atoms with Crippen LogP contribution in [0.1, 0.15) is 36.6 Å². The molecule has 2 rings (SSSR count). The largest absolute Gasteiger partial charge is 0.354 e. The summed E-state index contributed by atoms with van der Waals surface area (Å²) in [6.45, 7) is 6.97. The molecule has 1 atom stereocenters. The predicted octanol–water partition coefficient (Wildman–Crippen LogP) is 2.50. The second-order valence-corrected chi connectivity index (χ2v) is 6.59. The lowest BCUT2D eigenvalue weighted by atomic mass is 9.82. The van der Waals surface area contributed by atoms with Gasteiger partial charge in [-0.1, -0.05) is 38.1 Å². The summed E-state index contributed by atoms with van der Waals surface area (Å²) in [5, 5.41) is 10.3. The molecule has 1 heterocycles. The molecule has 0 fully saturated rings. The number of benzene rings is 1. The van der Waals surface area contributed by atoms with E-state index >= 15 is 0 Å². The lowest BCUT2D eigenvalue weighted by Crippen LogP contribution is -2.42. The topological polar surface area (TPSA) is 59.0 Å². The molecule has 0 saturated heterocycles. The van der Waals surface area contributed by atoms with E-state index in [-0.39, 0.29) is 23.7 Å². The van der Waals surface area contributed by atoms with Crippen LogP contribution in [0.4, 0.5) is 0 Å². The molecule has 0 aliphatic heterocycles. The molecule has 1 unspecified atom stereocenters. The normalized spacial score (nSPS) is 12.4. The van der Waals surface area contributed by atoms with Crippen LogP contribution >= 0.6 is 12.4 Å². The fourth-order valence-electron chi connectivity index (χ4n) is 2.88. The second-order valence-electron chi connectivity index (χ2n) is 6.59. The summed E-state index contributed by atoms with van der Waals surface area (Å²) in [5.74, 6) is -0.0397. The summed E-state index contributed by atoms with van der Waals surface area (Å²) in [6, 6.07) is 7.91. The van der Waals surface area contributed by atoms with Crippen molar-refractivity contribution in [2.24, 2.45) is 7.05 Å². The molecule has 24 heavy (non-hydrogen) atoms. The lowest BCUT2D eigenvalue weighted by Gasteiger charge is -2.28. The van der Waals surface area contributed by atoms with Gasteiger partial charge >= 0.3 is 0 Å². The van der Waals surface area contributed by atoms with Gasteiger partial charge in [0.05, 0.1) is 6.20 Å². The van der Waals surface area contributed by atoms with E-state index in [9.17, 15) is 4.79 Å². The van der Waals surface area contributed by atoms with Gasteiger partial charge in [0.2, 0.25) is 5.91 Å². The minimum absolute atomic E-state index is 0. The van der Waals surface area contributed by atoms with E-state index < -0.39 is 6.04 Å². The summed E-state index contributed by atoms with van der Waals surface area (Å²) >= 11 is 0. The van der Waals surface area contributed by atoms with Crippen LogP contribution in [0.25, 0.3) is 0 Å². The molecule has 0 aliphatic carbocycles. The summed E-state index contributed by atoms with van der Waals surface area (Å²) < 4.78 is 1.70. The van der Waals surface area contributed by atoms with Crippen molar-refractivity contribution in [1.82, 2.24) is 20.4 Å². The lowest BCUT2D eigenvalue weighted by molar-refractivity contribution is -0.123. The third-order valence-electron chi connectivity index (χ3n) is 4.19.